The zero-order valence-electron chi connectivity index (χ0n) is 11.7. The third-order valence-electron chi connectivity index (χ3n) is 2.45. The third kappa shape index (κ3) is 4.06. The van der Waals surface area contributed by atoms with Crippen molar-refractivity contribution in [2.75, 3.05) is 21.0 Å². The monoisotopic (exact) mass is 298 g/mol. The highest BCUT2D eigenvalue weighted by Gasteiger charge is 2.23. The number of methoxy groups -OCH3 is 2. The van der Waals surface area contributed by atoms with Crippen LogP contribution in [0.1, 0.15) is 17.3 Å². The normalized spacial score (nSPS) is 9.67. The number of ether oxygens (including phenoxy) is 3. The van der Waals surface area contributed by atoms with Crippen LogP contribution in [0.15, 0.2) is 12.1 Å². The highest BCUT2D eigenvalue weighted by molar-refractivity contribution is 5.98. The molecule has 0 aliphatic carbocycles. The van der Waals surface area contributed by atoms with Gasteiger partial charge in [-0.1, -0.05) is 0 Å². The fourth-order valence-corrected chi connectivity index (χ4v) is 1.50. The van der Waals surface area contributed by atoms with Crippen molar-refractivity contribution in [3.05, 3.63) is 27.8 Å². The molecule has 0 radical (unpaired) electrons. The van der Waals surface area contributed by atoms with Gasteiger partial charge in [-0.05, 0) is 0 Å². The fourth-order valence-electron chi connectivity index (χ4n) is 1.50. The first-order chi connectivity index (χ1) is 9.90. The lowest BCUT2D eigenvalue weighted by molar-refractivity contribution is -0.385. The van der Waals surface area contributed by atoms with Gasteiger partial charge in [-0.15, -0.1) is 0 Å². The molecule has 1 aromatic carbocycles. The quantitative estimate of drug-likeness (QED) is 0.358. The summed E-state index contributed by atoms with van der Waals surface area (Å²) in [6, 6.07) is 2.26. The van der Waals surface area contributed by atoms with Crippen molar-refractivity contribution < 1.29 is 28.7 Å². The lowest BCUT2D eigenvalue weighted by Gasteiger charge is -2.11. The SMILES string of the molecule is COc1cc([N+](=O)[O-])c(OC)cc1C(=O)NCOC(C)=O. The van der Waals surface area contributed by atoms with Crippen LogP contribution in [0.25, 0.3) is 0 Å². The summed E-state index contributed by atoms with van der Waals surface area (Å²) >= 11 is 0. The van der Waals surface area contributed by atoms with Gasteiger partial charge in [-0.3, -0.25) is 19.7 Å². The molecule has 0 aliphatic rings. The number of benzene rings is 1. The molecule has 0 aromatic heterocycles. The van der Waals surface area contributed by atoms with Gasteiger partial charge in [0.25, 0.3) is 5.91 Å². The Bertz CT molecular complexity index is 571. The summed E-state index contributed by atoms with van der Waals surface area (Å²) in [5.74, 6) is -1.26. The molecule has 0 saturated heterocycles. The maximum absolute atomic E-state index is 11.9. The largest absolute Gasteiger partial charge is 0.496 e. The number of esters is 1. The Morgan fingerprint density at radius 2 is 1.86 bits per heavy atom. The van der Waals surface area contributed by atoms with Gasteiger partial charge in [-0.25, -0.2) is 0 Å². The van der Waals surface area contributed by atoms with Crippen molar-refractivity contribution in [2.45, 2.75) is 6.92 Å². The predicted octanol–water partition coefficient (Wildman–Crippen LogP) is 0.862. The summed E-state index contributed by atoms with van der Waals surface area (Å²) < 4.78 is 14.4. The molecule has 1 amide bonds. The van der Waals surface area contributed by atoms with Gasteiger partial charge >= 0.3 is 11.7 Å². The molecule has 0 unspecified atom stereocenters. The number of nitrogens with one attached hydrogen (secondary N) is 1. The molecule has 9 nitrogen and oxygen atoms in total. The van der Waals surface area contributed by atoms with Gasteiger partial charge in [0.1, 0.15) is 5.75 Å². The number of amides is 1. The van der Waals surface area contributed by atoms with E-state index in [-0.39, 0.29) is 29.5 Å². The van der Waals surface area contributed by atoms with Crippen LogP contribution < -0.4 is 14.8 Å². The first-order valence-corrected chi connectivity index (χ1v) is 5.72. The summed E-state index contributed by atoms with van der Waals surface area (Å²) in [7, 11) is 2.52. The molecule has 0 heterocycles. The van der Waals surface area contributed by atoms with Gasteiger partial charge in [0.2, 0.25) is 0 Å². The topological polar surface area (TPSA) is 117 Å². The van der Waals surface area contributed by atoms with Crippen LogP contribution in [0.5, 0.6) is 11.5 Å². The Balaban J connectivity index is 3.08. The number of carbonyl (C=O) groups excluding carboxylic acids is 2. The summed E-state index contributed by atoms with van der Waals surface area (Å²) in [5.41, 5.74) is -0.307. The van der Waals surface area contributed by atoms with E-state index in [1.54, 1.807) is 0 Å². The van der Waals surface area contributed by atoms with E-state index in [0.29, 0.717) is 0 Å². The van der Waals surface area contributed by atoms with E-state index in [0.717, 1.165) is 6.07 Å². The summed E-state index contributed by atoms with van der Waals surface area (Å²) in [6.45, 7) is 0.873. The Hall–Kier alpha value is -2.84. The number of nitro groups is 1. The standard InChI is InChI=1S/C12H14N2O7/c1-7(15)21-6-13-12(16)8-4-11(20-3)9(14(17)18)5-10(8)19-2/h4-5H,6H2,1-3H3,(H,13,16). The van der Waals surface area contributed by atoms with Crippen molar-refractivity contribution in [3.63, 3.8) is 0 Å². The first-order valence-electron chi connectivity index (χ1n) is 5.72. The number of hydrogen-bond donors (Lipinski definition) is 1. The number of nitrogens with zero attached hydrogens (tertiary/aromatic N) is 1. The lowest BCUT2D eigenvalue weighted by atomic mass is 10.1. The van der Waals surface area contributed by atoms with E-state index in [9.17, 15) is 19.7 Å². The summed E-state index contributed by atoms with van der Waals surface area (Å²) in [5, 5.41) is 13.2. The minimum Gasteiger partial charge on any atom is -0.496 e. The second-order valence-electron chi connectivity index (χ2n) is 3.77. The molecule has 0 fully saturated rings. The van der Waals surface area contributed by atoms with Crippen molar-refractivity contribution in [1.29, 1.82) is 0 Å². The Labute approximate surface area is 119 Å². The number of carbonyl (C=O) groups is 2. The van der Waals surface area contributed by atoms with Gasteiger partial charge in [-0.2, -0.15) is 0 Å². The molecular weight excluding hydrogens is 284 g/mol. The Morgan fingerprint density at radius 1 is 1.24 bits per heavy atom. The molecule has 0 spiro atoms. The van der Waals surface area contributed by atoms with Crippen LogP contribution >= 0.6 is 0 Å². The maximum Gasteiger partial charge on any atom is 0.314 e. The Morgan fingerprint density at radius 3 is 2.33 bits per heavy atom. The van der Waals surface area contributed by atoms with Crippen LogP contribution in [-0.2, 0) is 9.53 Å². The van der Waals surface area contributed by atoms with Crippen molar-refractivity contribution >= 4 is 17.6 Å². The molecule has 0 atom stereocenters. The zero-order chi connectivity index (χ0) is 16.0. The van der Waals surface area contributed by atoms with Gasteiger partial charge in [0.05, 0.1) is 30.8 Å². The molecule has 21 heavy (non-hydrogen) atoms. The zero-order valence-corrected chi connectivity index (χ0v) is 11.7. The van der Waals surface area contributed by atoms with Crippen LogP contribution in [-0.4, -0.2) is 37.8 Å². The molecule has 0 bridgehead atoms. The van der Waals surface area contributed by atoms with Crippen LogP contribution in [0.3, 0.4) is 0 Å². The molecular formula is C12H14N2O7. The van der Waals surface area contributed by atoms with E-state index in [1.807, 2.05) is 0 Å². The van der Waals surface area contributed by atoms with E-state index in [2.05, 4.69) is 10.1 Å². The minimum absolute atomic E-state index is 0.00262. The number of rotatable bonds is 6. The average Bonchev–Trinajstić information content (AvgIpc) is 2.44. The van der Waals surface area contributed by atoms with E-state index < -0.39 is 16.8 Å². The van der Waals surface area contributed by atoms with Crippen LogP contribution in [0.4, 0.5) is 5.69 Å². The predicted molar refractivity (Wildman–Crippen MR) is 70.3 cm³/mol. The molecule has 114 valence electrons. The molecule has 9 heteroatoms. The molecule has 1 N–H and O–H groups in total. The van der Waals surface area contributed by atoms with E-state index in [4.69, 9.17) is 9.47 Å². The van der Waals surface area contributed by atoms with Gasteiger partial charge < -0.3 is 19.5 Å². The lowest BCUT2D eigenvalue weighted by Crippen LogP contribution is -2.27. The van der Waals surface area contributed by atoms with Crippen LogP contribution in [0, 0.1) is 10.1 Å². The van der Waals surface area contributed by atoms with Crippen molar-refractivity contribution in [2.24, 2.45) is 0 Å². The Kier molecular flexibility index (Phi) is 5.47. The molecule has 0 aliphatic heterocycles. The second-order valence-corrected chi connectivity index (χ2v) is 3.77. The smallest absolute Gasteiger partial charge is 0.314 e. The number of nitro benzene ring substituents is 1. The van der Waals surface area contributed by atoms with Crippen molar-refractivity contribution in [1.82, 2.24) is 5.32 Å². The van der Waals surface area contributed by atoms with Crippen LogP contribution in [0.2, 0.25) is 0 Å². The molecule has 0 saturated carbocycles. The van der Waals surface area contributed by atoms with Crippen molar-refractivity contribution in [3.8, 4) is 11.5 Å². The first kappa shape index (κ1) is 16.2. The van der Waals surface area contributed by atoms with Gasteiger partial charge in [0, 0.05) is 13.0 Å². The van der Waals surface area contributed by atoms with E-state index in [1.165, 1.54) is 27.2 Å². The fraction of sp³-hybridized carbons (Fsp3) is 0.333. The summed E-state index contributed by atoms with van der Waals surface area (Å²) in [4.78, 5) is 32.8. The molecule has 1 aromatic rings. The summed E-state index contributed by atoms with van der Waals surface area (Å²) in [6.07, 6.45) is 0. The van der Waals surface area contributed by atoms with Gasteiger partial charge in [0.15, 0.2) is 12.5 Å². The minimum atomic E-state index is -0.651. The average molecular weight is 298 g/mol. The second kappa shape index (κ2) is 7.08. The van der Waals surface area contributed by atoms with E-state index >= 15 is 0 Å². The highest BCUT2D eigenvalue weighted by atomic mass is 16.6. The molecule has 1 rings (SSSR count). The number of hydrogen-bond acceptors (Lipinski definition) is 7. The third-order valence-corrected chi connectivity index (χ3v) is 2.45. The maximum atomic E-state index is 11.9. The highest BCUT2D eigenvalue weighted by Crippen LogP contribution is 2.34.